The van der Waals surface area contributed by atoms with Crippen molar-refractivity contribution in [2.45, 2.75) is 57.4 Å². The summed E-state index contributed by atoms with van der Waals surface area (Å²) >= 11 is 0. The Hall–Kier alpha value is -1.42. The predicted molar refractivity (Wildman–Crippen MR) is 85.1 cm³/mol. The fraction of sp³-hybridized carbons (Fsp3) is 0.647. The molecule has 4 heteroatoms. The molecule has 21 heavy (non-hydrogen) atoms. The van der Waals surface area contributed by atoms with E-state index >= 15 is 0 Å². The van der Waals surface area contributed by atoms with Crippen LogP contribution in [0.2, 0.25) is 0 Å². The van der Waals surface area contributed by atoms with E-state index in [9.17, 15) is 4.79 Å². The number of nitrogens with zero attached hydrogens (tertiary/aromatic N) is 1. The molecule has 1 saturated carbocycles. The van der Waals surface area contributed by atoms with Crippen molar-refractivity contribution in [3.63, 3.8) is 0 Å². The fourth-order valence-corrected chi connectivity index (χ4v) is 2.86. The Bertz CT molecular complexity index is 400. The van der Waals surface area contributed by atoms with Crippen LogP contribution in [0.4, 0.5) is 0 Å². The molecule has 116 valence electrons. The van der Waals surface area contributed by atoms with Gasteiger partial charge in [-0.2, -0.15) is 0 Å². The molecular weight excluding hydrogens is 262 g/mol. The van der Waals surface area contributed by atoms with Gasteiger partial charge in [0.05, 0.1) is 0 Å². The summed E-state index contributed by atoms with van der Waals surface area (Å²) in [4.78, 5) is 15.7. The minimum Gasteiger partial charge on any atom is -0.355 e. The Morgan fingerprint density at radius 3 is 2.52 bits per heavy atom. The van der Waals surface area contributed by atoms with Gasteiger partial charge in [-0.15, -0.1) is 0 Å². The highest BCUT2D eigenvalue weighted by Gasteiger charge is 2.10. The number of carbonyl (C=O) groups excluding carboxylic acids is 1. The van der Waals surface area contributed by atoms with E-state index in [4.69, 9.17) is 0 Å². The lowest BCUT2D eigenvalue weighted by Gasteiger charge is -2.16. The van der Waals surface area contributed by atoms with Gasteiger partial charge in [-0.25, -0.2) is 0 Å². The highest BCUT2D eigenvalue weighted by atomic mass is 16.1. The van der Waals surface area contributed by atoms with E-state index < -0.39 is 0 Å². The van der Waals surface area contributed by atoms with Gasteiger partial charge in [-0.1, -0.05) is 25.7 Å². The highest BCUT2D eigenvalue weighted by molar-refractivity contribution is 5.76. The van der Waals surface area contributed by atoms with Crippen LogP contribution in [0, 0.1) is 0 Å². The predicted octanol–water partition coefficient (Wildman–Crippen LogP) is 2.44. The van der Waals surface area contributed by atoms with Gasteiger partial charge in [0.2, 0.25) is 5.91 Å². The Labute approximate surface area is 127 Å². The standard InChI is InChI=1S/C17H27N3O/c21-17(8-7-15-9-11-18-12-10-15)20-14-13-19-16-5-3-1-2-4-6-16/h9-12,16,19H,1-8,13-14H2,(H,20,21). The lowest BCUT2D eigenvalue weighted by atomic mass is 10.1. The van der Waals surface area contributed by atoms with Crippen LogP contribution in [-0.4, -0.2) is 30.0 Å². The number of aromatic nitrogens is 1. The molecule has 1 aromatic heterocycles. The van der Waals surface area contributed by atoms with E-state index in [2.05, 4.69) is 15.6 Å². The summed E-state index contributed by atoms with van der Waals surface area (Å²) in [5.74, 6) is 0.134. The first kappa shape index (κ1) is 16.0. The molecule has 0 aromatic carbocycles. The van der Waals surface area contributed by atoms with Crippen molar-refractivity contribution in [3.05, 3.63) is 30.1 Å². The van der Waals surface area contributed by atoms with Crippen LogP contribution in [0.1, 0.15) is 50.5 Å². The molecule has 0 radical (unpaired) electrons. The topological polar surface area (TPSA) is 54.0 Å². The van der Waals surface area contributed by atoms with E-state index in [1.807, 2.05) is 12.1 Å². The van der Waals surface area contributed by atoms with Crippen LogP contribution in [0.5, 0.6) is 0 Å². The van der Waals surface area contributed by atoms with Crippen molar-refractivity contribution in [1.29, 1.82) is 0 Å². The molecule has 1 amide bonds. The molecule has 0 bridgehead atoms. The minimum atomic E-state index is 0.134. The summed E-state index contributed by atoms with van der Waals surface area (Å²) < 4.78 is 0. The zero-order valence-electron chi connectivity index (χ0n) is 12.8. The third kappa shape index (κ3) is 6.71. The Morgan fingerprint density at radius 1 is 1.10 bits per heavy atom. The maximum absolute atomic E-state index is 11.8. The van der Waals surface area contributed by atoms with Crippen molar-refractivity contribution >= 4 is 5.91 Å². The smallest absolute Gasteiger partial charge is 0.220 e. The van der Waals surface area contributed by atoms with Crippen LogP contribution < -0.4 is 10.6 Å². The number of aryl methyl sites for hydroxylation is 1. The lowest BCUT2D eigenvalue weighted by Crippen LogP contribution is -2.36. The SMILES string of the molecule is O=C(CCc1ccncc1)NCCNC1CCCCCC1. The molecule has 1 heterocycles. The van der Waals surface area contributed by atoms with Crippen molar-refractivity contribution in [1.82, 2.24) is 15.6 Å². The van der Waals surface area contributed by atoms with Gasteiger partial charge in [0.1, 0.15) is 0 Å². The van der Waals surface area contributed by atoms with Crippen molar-refractivity contribution in [2.24, 2.45) is 0 Å². The molecule has 0 spiro atoms. The summed E-state index contributed by atoms with van der Waals surface area (Å²) in [6, 6.07) is 4.57. The molecule has 0 atom stereocenters. The molecule has 1 aliphatic carbocycles. The number of carbonyl (C=O) groups is 1. The zero-order chi connectivity index (χ0) is 14.8. The number of pyridine rings is 1. The van der Waals surface area contributed by atoms with Crippen molar-refractivity contribution in [3.8, 4) is 0 Å². The largest absolute Gasteiger partial charge is 0.355 e. The minimum absolute atomic E-state index is 0.134. The zero-order valence-corrected chi connectivity index (χ0v) is 12.8. The van der Waals surface area contributed by atoms with E-state index in [0.29, 0.717) is 12.5 Å². The van der Waals surface area contributed by atoms with E-state index in [1.165, 1.54) is 38.5 Å². The number of nitrogens with one attached hydrogen (secondary N) is 2. The van der Waals surface area contributed by atoms with Crippen molar-refractivity contribution < 1.29 is 4.79 Å². The molecule has 0 unspecified atom stereocenters. The second-order valence-corrected chi connectivity index (χ2v) is 5.85. The monoisotopic (exact) mass is 289 g/mol. The highest BCUT2D eigenvalue weighted by Crippen LogP contribution is 2.16. The van der Waals surface area contributed by atoms with Crippen LogP contribution in [0.3, 0.4) is 0 Å². The molecule has 1 aliphatic rings. The molecule has 2 rings (SSSR count). The average Bonchev–Trinajstić information content (AvgIpc) is 2.79. The van der Waals surface area contributed by atoms with Crippen LogP contribution in [-0.2, 0) is 11.2 Å². The molecule has 0 aliphatic heterocycles. The summed E-state index contributed by atoms with van der Waals surface area (Å²) in [6.45, 7) is 1.61. The molecular formula is C17H27N3O. The first-order chi connectivity index (χ1) is 10.3. The van der Waals surface area contributed by atoms with Crippen LogP contribution in [0.25, 0.3) is 0 Å². The normalized spacial score (nSPS) is 16.4. The Morgan fingerprint density at radius 2 is 1.81 bits per heavy atom. The van der Waals surface area contributed by atoms with Gasteiger partial charge in [-0.3, -0.25) is 9.78 Å². The maximum atomic E-state index is 11.8. The van der Waals surface area contributed by atoms with Gasteiger partial charge in [0, 0.05) is 37.9 Å². The molecule has 1 aromatic rings. The third-order valence-corrected chi connectivity index (χ3v) is 4.13. The molecule has 0 saturated heterocycles. The number of amides is 1. The van der Waals surface area contributed by atoms with Gasteiger partial charge in [0.15, 0.2) is 0 Å². The number of hydrogen-bond acceptors (Lipinski definition) is 3. The van der Waals surface area contributed by atoms with Gasteiger partial charge >= 0.3 is 0 Å². The fourth-order valence-electron chi connectivity index (χ4n) is 2.86. The first-order valence-corrected chi connectivity index (χ1v) is 8.23. The second kappa shape index (κ2) is 9.50. The lowest BCUT2D eigenvalue weighted by molar-refractivity contribution is -0.121. The molecule has 1 fully saturated rings. The number of hydrogen-bond donors (Lipinski definition) is 2. The van der Waals surface area contributed by atoms with E-state index in [0.717, 1.165) is 25.1 Å². The quantitative estimate of drug-likeness (QED) is 0.599. The molecule has 2 N–H and O–H groups in total. The summed E-state index contributed by atoms with van der Waals surface area (Å²) in [7, 11) is 0. The van der Waals surface area contributed by atoms with Gasteiger partial charge < -0.3 is 10.6 Å². The Balaban J connectivity index is 1.52. The maximum Gasteiger partial charge on any atom is 0.220 e. The van der Waals surface area contributed by atoms with Crippen LogP contribution >= 0.6 is 0 Å². The van der Waals surface area contributed by atoms with Gasteiger partial charge in [-0.05, 0) is 37.0 Å². The summed E-state index contributed by atoms with van der Waals surface area (Å²) in [5.41, 5.74) is 1.16. The van der Waals surface area contributed by atoms with Gasteiger partial charge in [0.25, 0.3) is 0 Å². The molecule has 4 nitrogen and oxygen atoms in total. The Kier molecular flexibility index (Phi) is 7.22. The number of rotatable bonds is 7. The van der Waals surface area contributed by atoms with E-state index in [1.54, 1.807) is 12.4 Å². The van der Waals surface area contributed by atoms with Crippen LogP contribution in [0.15, 0.2) is 24.5 Å². The van der Waals surface area contributed by atoms with E-state index in [-0.39, 0.29) is 5.91 Å². The summed E-state index contributed by atoms with van der Waals surface area (Å²) in [6.07, 6.45) is 12.9. The average molecular weight is 289 g/mol. The first-order valence-electron chi connectivity index (χ1n) is 8.23. The van der Waals surface area contributed by atoms with Crippen molar-refractivity contribution in [2.75, 3.05) is 13.1 Å². The summed E-state index contributed by atoms with van der Waals surface area (Å²) in [5, 5.41) is 6.56. The third-order valence-electron chi connectivity index (χ3n) is 4.13. The second-order valence-electron chi connectivity index (χ2n) is 5.85.